The van der Waals surface area contributed by atoms with Crippen molar-refractivity contribution in [1.29, 1.82) is 0 Å². The molecule has 0 saturated heterocycles. The number of benzene rings is 1. The van der Waals surface area contributed by atoms with E-state index in [0.29, 0.717) is 0 Å². The molecular formula is C13H14N4S. The van der Waals surface area contributed by atoms with Crippen LogP contribution in [0.1, 0.15) is 5.69 Å². The molecule has 2 aromatic heterocycles. The predicted octanol–water partition coefficient (Wildman–Crippen LogP) is 2.61. The predicted molar refractivity (Wildman–Crippen MR) is 76.0 cm³/mol. The monoisotopic (exact) mass is 258 g/mol. The molecule has 0 saturated carbocycles. The normalized spacial score (nSPS) is 10.9. The number of hydrogen-bond donors (Lipinski definition) is 1. The van der Waals surface area contributed by atoms with Gasteiger partial charge in [0.15, 0.2) is 4.96 Å². The average Bonchev–Trinajstić information content (AvgIpc) is 2.90. The van der Waals surface area contributed by atoms with Crippen LogP contribution in [-0.4, -0.2) is 16.4 Å². The highest BCUT2D eigenvalue weighted by Crippen LogP contribution is 2.23. The van der Waals surface area contributed by atoms with Gasteiger partial charge in [0.2, 0.25) is 0 Å². The number of anilines is 2. The Labute approximate surface area is 109 Å². The van der Waals surface area contributed by atoms with E-state index in [2.05, 4.69) is 16.1 Å². The number of aromatic nitrogens is 2. The zero-order valence-electron chi connectivity index (χ0n) is 10.1. The fourth-order valence-electron chi connectivity index (χ4n) is 2.02. The molecule has 2 N–H and O–H groups in total. The molecular weight excluding hydrogens is 244 g/mol. The molecule has 0 spiro atoms. The molecule has 0 aliphatic rings. The second-order valence-corrected chi connectivity index (χ2v) is 5.11. The first-order chi connectivity index (χ1) is 8.74. The van der Waals surface area contributed by atoms with Crippen LogP contribution < -0.4 is 10.6 Å². The summed E-state index contributed by atoms with van der Waals surface area (Å²) in [5, 5.41) is 2.03. The van der Waals surface area contributed by atoms with E-state index < -0.39 is 0 Å². The molecule has 0 atom stereocenters. The fourth-order valence-corrected chi connectivity index (χ4v) is 2.73. The smallest absolute Gasteiger partial charge is 0.193 e. The fraction of sp³-hybridized carbons (Fsp3) is 0.154. The summed E-state index contributed by atoms with van der Waals surface area (Å²) in [6.07, 6.45) is 4.08. The van der Waals surface area contributed by atoms with Gasteiger partial charge >= 0.3 is 0 Å². The molecule has 92 valence electrons. The van der Waals surface area contributed by atoms with Crippen LogP contribution in [0.3, 0.4) is 0 Å². The molecule has 2 heterocycles. The Morgan fingerprint density at radius 2 is 2.22 bits per heavy atom. The summed E-state index contributed by atoms with van der Waals surface area (Å²) in [5.41, 5.74) is 8.84. The Morgan fingerprint density at radius 1 is 1.39 bits per heavy atom. The molecule has 1 aromatic carbocycles. The van der Waals surface area contributed by atoms with E-state index in [-0.39, 0.29) is 0 Å². The maximum absolute atomic E-state index is 5.97. The van der Waals surface area contributed by atoms with Gasteiger partial charge in [0, 0.05) is 24.8 Å². The first kappa shape index (κ1) is 11.1. The highest BCUT2D eigenvalue weighted by Gasteiger charge is 2.08. The summed E-state index contributed by atoms with van der Waals surface area (Å²) in [6.45, 7) is 0.753. The molecule has 4 nitrogen and oxygen atoms in total. The van der Waals surface area contributed by atoms with Gasteiger partial charge in [0.05, 0.1) is 23.6 Å². The van der Waals surface area contributed by atoms with Gasteiger partial charge in [-0.05, 0) is 12.1 Å². The lowest BCUT2D eigenvalue weighted by Crippen LogP contribution is -2.17. The zero-order chi connectivity index (χ0) is 12.5. The van der Waals surface area contributed by atoms with Gasteiger partial charge in [0.25, 0.3) is 0 Å². The van der Waals surface area contributed by atoms with E-state index in [0.717, 1.165) is 28.6 Å². The SMILES string of the molecule is CN(Cc1cn2ccsc2n1)c1ccccc1N. The Kier molecular flexibility index (Phi) is 2.68. The number of para-hydroxylation sites is 2. The molecule has 0 aliphatic heterocycles. The van der Waals surface area contributed by atoms with Crippen LogP contribution in [0.4, 0.5) is 11.4 Å². The van der Waals surface area contributed by atoms with Gasteiger partial charge in [-0.2, -0.15) is 0 Å². The van der Waals surface area contributed by atoms with Crippen molar-refractivity contribution in [2.75, 3.05) is 17.7 Å². The van der Waals surface area contributed by atoms with Crippen molar-refractivity contribution in [3.63, 3.8) is 0 Å². The summed E-state index contributed by atoms with van der Waals surface area (Å²) < 4.78 is 2.04. The lowest BCUT2D eigenvalue weighted by molar-refractivity contribution is 0.897. The molecule has 18 heavy (non-hydrogen) atoms. The number of imidazole rings is 1. The topological polar surface area (TPSA) is 46.6 Å². The largest absolute Gasteiger partial charge is 0.397 e. The Balaban J connectivity index is 1.84. The first-order valence-electron chi connectivity index (χ1n) is 5.71. The third-order valence-electron chi connectivity index (χ3n) is 2.89. The first-order valence-corrected chi connectivity index (χ1v) is 6.59. The van der Waals surface area contributed by atoms with Crippen molar-refractivity contribution < 1.29 is 0 Å². The third kappa shape index (κ3) is 1.93. The molecule has 3 rings (SSSR count). The number of nitrogens with two attached hydrogens (primary N) is 1. The maximum Gasteiger partial charge on any atom is 0.193 e. The van der Waals surface area contributed by atoms with Crippen molar-refractivity contribution >= 4 is 27.7 Å². The molecule has 3 aromatic rings. The lowest BCUT2D eigenvalue weighted by Gasteiger charge is -2.19. The minimum absolute atomic E-state index is 0.753. The van der Waals surface area contributed by atoms with E-state index in [1.807, 2.05) is 47.3 Å². The number of nitrogen functional groups attached to an aromatic ring is 1. The second-order valence-electron chi connectivity index (χ2n) is 4.24. The van der Waals surface area contributed by atoms with Crippen molar-refractivity contribution in [2.45, 2.75) is 6.54 Å². The summed E-state index contributed by atoms with van der Waals surface area (Å²) in [5.74, 6) is 0. The van der Waals surface area contributed by atoms with Crippen LogP contribution in [0, 0.1) is 0 Å². The molecule has 5 heteroatoms. The number of thiazole rings is 1. The second kappa shape index (κ2) is 4.34. The van der Waals surface area contributed by atoms with Crippen molar-refractivity contribution in [3.8, 4) is 0 Å². The van der Waals surface area contributed by atoms with E-state index in [1.54, 1.807) is 11.3 Å². The molecule has 0 amide bonds. The number of nitrogens with zero attached hydrogens (tertiary/aromatic N) is 3. The van der Waals surface area contributed by atoms with E-state index in [1.165, 1.54) is 0 Å². The van der Waals surface area contributed by atoms with Crippen LogP contribution in [0.25, 0.3) is 4.96 Å². The van der Waals surface area contributed by atoms with Gasteiger partial charge in [-0.1, -0.05) is 12.1 Å². The Bertz CT molecular complexity index is 642. The van der Waals surface area contributed by atoms with Crippen molar-refractivity contribution in [3.05, 3.63) is 47.7 Å². The standard InChI is InChI=1S/C13H14N4S/c1-16(12-5-3-2-4-11(12)14)8-10-9-17-6-7-18-13(17)15-10/h2-7,9H,8,14H2,1H3. The summed E-state index contributed by atoms with van der Waals surface area (Å²) in [7, 11) is 2.03. The highest BCUT2D eigenvalue weighted by atomic mass is 32.1. The maximum atomic E-state index is 5.97. The quantitative estimate of drug-likeness (QED) is 0.735. The lowest BCUT2D eigenvalue weighted by atomic mass is 10.2. The van der Waals surface area contributed by atoms with Crippen LogP contribution in [0.15, 0.2) is 42.0 Å². The third-order valence-corrected chi connectivity index (χ3v) is 3.66. The number of rotatable bonds is 3. The summed E-state index contributed by atoms with van der Waals surface area (Å²) in [4.78, 5) is 7.71. The molecule has 0 fully saturated rings. The Hall–Kier alpha value is -2.01. The van der Waals surface area contributed by atoms with Crippen LogP contribution in [0.5, 0.6) is 0 Å². The summed E-state index contributed by atoms with van der Waals surface area (Å²) in [6, 6.07) is 7.87. The molecule has 0 unspecified atom stereocenters. The van der Waals surface area contributed by atoms with Gasteiger partial charge in [-0.25, -0.2) is 4.98 Å². The highest BCUT2D eigenvalue weighted by molar-refractivity contribution is 7.15. The Morgan fingerprint density at radius 3 is 3.00 bits per heavy atom. The summed E-state index contributed by atoms with van der Waals surface area (Å²) >= 11 is 1.64. The van der Waals surface area contributed by atoms with Gasteiger partial charge in [-0.3, -0.25) is 4.40 Å². The minimum Gasteiger partial charge on any atom is -0.397 e. The number of hydrogen-bond acceptors (Lipinski definition) is 4. The number of fused-ring (bicyclic) bond motifs is 1. The molecule has 0 aliphatic carbocycles. The van der Waals surface area contributed by atoms with Gasteiger partial charge in [0.1, 0.15) is 0 Å². The van der Waals surface area contributed by atoms with E-state index in [4.69, 9.17) is 5.73 Å². The average molecular weight is 258 g/mol. The van der Waals surface area contributed by atoms with Gasteiger partial charge < -0.3 is 10.6 Å². The zero-order valence-corrected chi connectivity index (χ0v) is 10.9. The van der Waals surface area contributed by atoms with Crippen LogP contribution in [0.2, 0.25) is 0 Å². The van der Waals surface area contributed by atoms with Crippen LogP contribution in [-0.2, 0) is 6.54 Å². The van der Waals surface area contributed by atoms with E-state index in [9.17, 15) is 0 Å². The molecule has 0 bridgehead atoms. The van der Waals surface area contributed by atoms with Crippen molar-refractivity contribution in [2.24, 2.45) is 0 Å². The van der Waals surface area contributed by atoms with Crippen LogP contribution >= 0.6 is 11.3 Å². The van der Waals surface area contributed by atoms with E-state index >= 15 is 0 Å². The minimum atomic E-state index is 0.753. The van der Waals surface area contributed by atoms with Gasteiger partial charge in [-0.15, -0.1) is 11.3 Å². The molecule has 0 radical (unpaired) electrons. The van der Waals surface area contributed by atoms with Crippen molar-refractivity contribution in [1.82, 2.24) is 9.38 Å².